The third-order valence-corrected chi connectivity index (χ3v) is 3.27. The molecule has 1 N–H and O–H groups in total. The molecule has 0 radical (unpaired) electrons. The molecule has 1 saturated heterocycles. The Kier molecular flexibility index (Phi) is 4.10. The summed E-state index contributed by atoms with van der Waals surface area (Å²) in [7, 11) is 2.10. The van der Waals surface area contributed by atoms with Crippen molar-refractivity contribution < 1.29 is 4.79 Å². The number of rotatable bonds is 2. The molecule has 1 aliphatic rings. The molecule has 1 amide bonds. The first-order valence-electron chi connectivity index (χ1n) is 6.27. The molecule has 1 aromatic carbocycles. The molecule has 4 nitrogen and oxygen atoms in total. The Bertz CT molecular complexity index is 458. The zero-order valence-corrected chi connectivity index (χ0v) is 10.9. The van der Waals surface area contributed by atoms with E-state index in [0.717, 1.165) is 37.2 Å². The van der Waals surface area contributed by atoms with Gasteiger partial charge in [-0.25, -0.2) is 5.43 Å². The van der Waals surface area contributed by atoms with Gasteiger partial charge in [0.25, 0.3) is 5.91 Å². The fourth-order valence-electron chi connectivity index (χ4n) is 2.01. The molecule has 4 heteroatoms. The van der Waals surface area contributed by atoms with Crippen LogP contribution < -0.4 is 5.43 Å². The Balaban J connectivity index is 1.96. The van der Waals surface area contributed by atoms with Gasteiger partial charge < -0.3 is 4.90 Å². The van der Waals surface area contributed by atoms with Crippen LogP contribution in [0.5, 0.6) is 0 Å². The number of benzene rings is 1. The van der Waals surface area contributed by atoms with Gasteiger partial charge in [-0.05, 0) is 25.6 Å². The van der Waals surface area contributed by atoms with Gasteiger partial charge in [0.1, 0.15) is 0 Å². The molecule has 0 bridgehead atoms. The molecule has 1 aromatic rings. The summed E-state index contributed by atoms with van der Waals surface area (Å²) in [5.41, 5.74) is 5.39. The second-order valence-corrected chi connectivity index (χ2v) is 4.74. The third-order valence-electron chi connectivity index (χ3n) is 3.27. The van der Waals surface area contributed by atoms with Crippen molar-refractivity contribution in [2.45, 2.75) is 19.8 Å². The topological polar surface area (TPSA) is 44.7 Å². The summed E-state index contributed by atoms with van der Waals surface area (Å²) >= 11 is 0. The quantitative estimate of drug-likeness (QED) is 0.808. The molecule has 96 valence electrons. The predicted molar refractivity (Wildman–Crippen MR) is 72.8 cm³/mol. The van der Waals surface area contributed by atoms with Gasteiger partial charge in [-0.3, -0.25) is 4.79 Å². The number of carbonyl (C=O) groups excluding carboxylic acids is 1. The number of likely N-dealkylation sites (tertiary alicyclic amines) is 1. The largest absolute Gasteiger partial charge is 0.306 e. The summed E-state index contributed by atoms with van der Waals surface area (Å²) in [6.45, 7) is 3.95. The van der Waals surface area contributed by atoms with Crippen LogP contribution in [0.2, 0.25) is 0 Å². The van der Waals surface area contributed by atoms with Crippen molar-refractivity contribution in [2.24, 2.45) is 5.10 Å². The van der Waals surface area contributed by atoms with Crippen LogP contribution in [0.15, 0.2) is 29.4 Å². The Morgan fingerprint density at radius 2 is 1.94 bits per heavy atom. The minimum absolute atomic E-state index is 0.125. The van der Waals surface area contributed by atoms with E-state index < -0.39 is 0 Å². The van der Waals surface area contributed by atoms with E-state index >= 15 is 0 Å². The summed E-state index contributed by atoms with van der Waals surface area (Å²) in [6, 6.07) is 7.54. The first-order valence-corrected chi connectivity index (χ1v) is 6.27. The molecule has 0 atom stereocenters. The summed E-state index contributed by atoms with van der Waals surface area (Å²) in [4.78, 5) is 14.2. The van der Waals surface area contributed by atoms with Crippen molar-refractivity contribution in [1.82, 2.24) is 10.3 Å². The summed E-state index contributed by atoms with van der Waals surface area (Å²) in [5.74, 6) is -0.125. The van der Waals surface area contributed by atoms with Gasteiger partial charge in [0.15, 0.2) is 0 Å². The highest BCUT2D eigenvalue weighted by atomic mass is 16.2. The first-order chi connectivity index (χ1) is 8.66. The molecule has 2 rings (SSSR count). The predicted octanol–water partition coefficient (Wildman–Crippen LogP) is 1.81. The van der Waals surface area contributed by atoms with Gasteiger partial charge in [0, 0.05) is 37.2 Å². The van der Waals surface area contributed by atoms with Crippen molar-refractivity contribution in [3.8, 4) is 0 Å². The standard InChI is InChI=1S/C14H19N3O/c1-11-5-3-4-6-13(11)14(18)16-15-12-7-9-17(2)10-8-12/h3-6H,7-10H2,1-2H3,(H,16,18). The van der Waals surface area contributed by atoms with E-state index in [1.165, 1.54) is 0 Å². The number of piperidine rings is 1. The molecule has 0 aromatic heterocycles. The van der Waals surface area contributed by atoms with Crippen LogP contribution in [-0.2, 0) is 0 Å². The average Bonchev–Trinajstić information content (AvgIpc) is 2.38. The molecule has 1 heterocycles. The number of amides is 1. The van der Waals surface area contributed by atoms with Crippen LogP contribution >= 0.6 is 0 Å². The summed E-state index contributed by atoms with van der Waals surface area (Å²) in [5, 5.41) is 4.23. The third kappa shape index (κ3) is 3.17. The van der Waals surface area contributed by atoms with Crippen LogP contribution in [0, 0.1) is 6.92 Å². The number of hydrazone groups is 1. The van der Waals surface area contributed by atoms with Gasteiger partial charge in [-0.1, -0.05) is 18.2 Å². The van der Waals surface area contributed by atoms with Gasteiger partial charge in [0.2, 0.25) is 0 Å². The second kappa shape index (κ2) is 5.78. The number of hydrogen-bond acceptors (Lipinski definition) is 3. The number of hydrogen-bond donors (Lipinski definition) is 1. The van der Waals surface area contributed by atoms with E-state index in [4.69, 9.17) is 0 Å². The van der Waals surface area contributed by atoms with E-state index in [0.29, 0.717) is 5.56 Å². The fourth-order valence-corrected chi connectivity index (χ4v) is 2.01. The van der Waals surface area contributed by atoms with Crippen LogP contribution in [0.1, 0.15) is 28.8 Å². The molecular weight excluding hydrogens is 226 g/mol. The smallest absolute Gasteiger partial charge is 0.271 e. The molecule has 0 unspecified atom stereocenters. The number of nitrogens with zero attached hydrogens (tertiary/aromatic N) is 2. The minimum atomic E-state index is -0.125. The lowest BCUT2D eigenvalue weighted by Crippen LogP contribution is -2.32. The number of carbonyl (C=O) groups is 1. The van der Waals surface area contributed by atoms with Gasteiger partial charge in [-0.15, -0.1) is 0 Å². The summed E-state index contributed by atoms with van der Waals surface area (Å²) in [6.07, 6.45) is 1.87. The monoisotopic (exact) mass is 245 g/mol. The summed E-state index contributed by atoms with van der Waals surface area (Å²) < 4.78 is 0. The highest BCUT2D eigenvalue weighted by Gasteiger charge is 2.12. The minimum Gasteiger partial charge on any atom is -0.306 e. The van der Waals surface area contributed by atoms with Gasteiger partial charge in [0.05, 0.1) is 0 Å². The van der Waals surface area contributed by atoms with Crippen LogP contribution in [-0.4, -0.2) is 36.7 Å². The lowest BCUT2D eigenvalue weighted by atomic mass is 10.1. The van der Waals surface area contributed by atoms with Gasteiger partial charge >= 0.3 is 0 Å². The molecular formula is C14H19N3O. The van der Waals surface area contributed by atoms with E-state index in [2.05, 4.69) is 22.5 Å². The maximum Gasteiger partial charge on any atom is 0.271 e. The Labute approximate surface area is 108 Å². The van der Waals surface area contributed by atoms with Crippen molar-refractivity contribution in [3.05, 3.63) is 35.4 Å². The van der Waals surface area contributed by atoms with Crippen LogP contribution in [0.4, 0.5) is 0 Å². The van der Waals surface area contributed by atoms with Crippen molar-refractivity contribution >= 4 is 11.6 Å². The SMILES string of the molecule is Cc1ccccc1C(=O)NN=C1CCN(C)CC1. The van der Waals surface area contributed by atoms with Crippen molar-refractivity contribution in [3.63, 3.8) is 0 Å². The first kappa shape index (κ1) is 12.8. The number of nitrogens with one attached hydrogen (secondary N) is 1. The number of aryl methyl sites for hydroxylation is 1. The van der Waals surface area contributed by atoms with Gasteiger partial charge in [-0.2, -0.15) is 5.10 Å². The zero-order chi connectivity index (χ0) is 13.0. The van der Waals surface area contributed by atoms with Crippen LogP contribution in [0.3, 0.4) is 0 Å². The lowest BCUT2D eigenvalue weighted by Gasteiger charge is -2.22. The van der Waals surface area contributed by atoms with E-state index in [-0.39, 0.29) is 5.91 Å². The molecule has 1 fully saturated rings. The average molecular weight is 245 g/mol. The Morgan fingerprint density at radius 3 is 2.61 bits per heavy atom. The molecule has 0 saturated carbocycles. The highest BCUT2D eigenvalue weighted by Crippen LogP contribution is 2.07. The molecule has 0 aliphatic carbocycles. The Hall–Kier alpha value is -1.68. The van der Waals surface area contributed by atoms with Crippen LogP contribution in [0.25, 0.3) is 0 Å². The maximum atomic E-state index is 11.9. The maximum absolute atomic E-state index is 11.9. The van der Waals surface area contributed by atoms with Crippen molar-refractivity contribution in [1.29, 1.82) is 0 Å². The van der Waals surface area contributed by atoms with E-state index in [1.807, 2.05) is 31.2 Å². The lowest BCUT2D eigenvalue weighted by molar-refractivity contribution is 0.0954. The normalized spacial score (nSPS) is 16.4. The fraction of sp³-hybridized carbons (Fsp3) is 0.429. The second-order valence-electron chi connectivity index (χ2n) is 4.74. The molecule has 1 aliphatic heterocycles. The zero-order valence-electron chi connectivity index (χ0n) is 10.9. The van der Waals surface area contributed by atoms with E-state index in [1.54, 1.807) is 0 Å². The highest BCUT2D eigenvalue weighted by molar-refractivity contribution is 5.96. The molecule has 0 spiro atoms. The Morgan fingerprint density at radius 1 is 1.28 bits per heavy atom. The van der Waals surface area contributed by atoms with E-state index in [9.17, 15) is 4.79 Å². The molecule has 18 heavy (non-hydrogen) atoms. The van der Waals surface area contributed by atoms with Crippen molar-refractivity contribution in [2.75, 3.05) is 20.1 Å².